The number of aromatic nitrogens is 2. The van der Waals surface area contributed by atoms with E-state index in [4.69, 9.17) is 5.11 Å². The third-order valence-electron chi connectivity index (χ3n) is 2.90. The summed E-state index contributed by atoms with van der Waals surface area (Å²) < 4.78 is 4.65. The molecule has 0 spiro atoms. The van der Waals surface area contributed by atoms with Gasteiger partial charge in [0, 0.05) is 0 Å². The van der Waals surface area contributed by atoms with Gasteiger partial charge in [-0.05, 0) is 19.4 Å². The molecule has 1 fully saturated rings. The summed E-state index contributed by atoms with van der Waals surface area (Å²) in [5, 5.41) is 12.9. The van der Waals surface area contributed by atoms with E-state index in [1.165, 1.54) is 6.39 Å². The second-order valence-electron chi connectivity index (χ2n) is 4.02. The first kappa shape index (κ1) is 11.1. The molecule has 88 valence electrons. The van der Waals surface area contributed by atoms with Gasteiger partial charge in [0.2, 0.25) is 6.39 Å². The molecule has 0 amide bonds. The van der Waals surface area contributed by atoms with Crippen LogP contribution in [-0.2, 0) is 11.3 Å². The zero-order valence-corrected chi connectivity index (χ0v) is 9.00. The number of nitrogens with zero attached hydrogens (tertiary/aromatic N) is 3. The van der Waals surface area contributed by atoms with E-state index in [0.29, 0.717) is 18.8 Å². The molecule has 0 aliphatic carbocycles. The van der Waals surface area contributed by atoms with Gasteiger partial charge < -0.3 is 9.63 Å². The third kappa shape index (κ3) is 2.57. The molecule has 1 aromatic rings. The molecule has 2 rings (SSSR count). The molecular formula is C10H15N3O3. The second kappa shape index (κ2) is 5.07. The van der Waals surface area contributed by atoms with Crippen molar-refractivity contribution in [1.82, 2.24) is 15.0 Å². The van der Waals surface area contributed by atoms with E-state index in [1.807, 2.05) is 4.90 Å². The molecule has 0 bridgehead atoms. The maximum absolute atomic E-state index is 11.1. The Kier molecular flexibility index (Phi) is 3.51. The molecule has 1 unspecified atom stereocenters. The molecule has 16 heavy (non-hydrogen) atoms. The molecule has 1 aliphatic heterocycles. The number of carbonyl (C=O) groups is 1. The van der Waals surface area contributed by atoms with E-state index in [2.05, 4.69) is 14.7 Å². The quantitative estimate of drug-likeness (QED) is 0.823. The Hall–Kier alpha value is -1.43. The average Bonchev–Trinajstić information content (AvgIpc) is 2.63. The highest BCUT2D eigenvalue weighted by atomic mass is 16.5. The molecule has 0 aromatic carbocycles. The summed E-state index contributed by atoms with van der Waals surface area (Å²) in [6, 6.07) is -0.416. The van der Waals surface area contributed by atoms with Crippen molar-refractivity contribution in [3.8, 4) is 0 Å². The van der Waals surface area contributed by atoms with E-state index in [-0.39, 0.29) is 0 Å². The van der Waals surface area contributed by atoms with E-state index in [9.17, 15) is 4.79 Å². The lowest BCUT2D eigenvalue weighted by Gasteiger charge is -2.24. The summed E-state index contributed by atoms with van der Waals surface area (Å²) in [6.07, 6.45) is 5.06. The van der Waals surface area contributed by atoms with Crippen molar-refractivity contribution >= 4 is 5.97 Å². The maximum atomic E-state index is 11.1. The molecule has 0 saturated carbocycles. The molecule has 1 saturated heterocycles. The Morgan fingerprint density at radius 1 is 1.56 bits per heavy atom. The van der Waals surface area contributed by atoms with Crippen LogP contribution in [0.15, 0.2) is 10.9 Å². The van der Waals surface area contributed by atoms with Gasteiger partial charge in [0.1, 0.15) is 6.04 Å². The molecule has 1 atom stereocenters. The normalized spacial score (nSPS) is 22.9. The Morgan fingerprint density at radius 3 is 3.12 bits per heavy atom. The fourth-order valence-corrected chi connectivity index (χ4v) is 2.08. The van der Waals surface area contributed by atoms with Crippen LogP contribution in [0.25, 0.3) is 0 Å². The summed E-state index contributed by atoms with van der Waals surface area (Å²) in [7, 11) is 0. The van der Waals surface area contributed by atoms with Crippen molar-refractivity contribution in [2.24, 2.45) is 0 Å². The van der Waals surface area contributed by atoms with E-state index >= 15 is 0 Å². The lowest BCUT2D eigenvalue weighted by atomic mass is 10.1. The Balaban J connectivity index is 2.05. The van der Waals surface area contributed by atoms with Gasteiger partial charge in [-0.25, -0.2) is 0 Å². The molecule has 1 aromatic heterocycles. The van der Waals surface area contributed by atoms with Gasteiger partial charge in [-0.2, -0.15) is 4.98 Å². The van der Waals surface area contributed by atoms with Crippen LogP contribution in [0.4, 0.5) is 0 Å². The number of carboxylic acid groups (broad SMARTS) is 1. The standard InChI is InChI=1S/C10H15N3O3/c14-10(15)8-4-2-1-3-5-13(8)6-9-11-7-16-12-9/h7-8H,1-6H2,(H,14,15). The lowest BCUT2D eigenvalue weighted by Crippen LogP contribution is -2.40. The van der Waals surface area contributed by atoms with Gasteiger partial charge in [-0.1, -0.05) is 18.0 Å². The Morgan fingerprint density at radius 2 is 2.44 bits per heavy atom. The van der Waals surface area contributed by atoms with Crippen LogP contribution >= 0.6 is 0 Å². The number of rotatable bonds is 3. The van der Waals surface area contributed by atoms with E-state index in [1.54, 1.807) is 0 Å². The Labute approximate surface area is 93.2 Å². The summed E-state index contributed by atoms with van der Waals surface area (Å²) in [6.45, 7) is 1.24. The van der Waals surface area contributed by atoms with Gasteiger partial charge >= 0.3 is 5.97 Å². The van der Waals surface area contributed by atoms with Crippen molar-refractivity contribution < 1.29 is 14.4 Å². The Bertz CT molecular complexity index is 339. The fraction of sp³-hybridized carbons (Fsp3) is 0.700. The lowest BCUT2D eigenvalue weighted by molar-refractivity contribution is -0.143. The minimum atomic E-state index is -0.759. The highest BCUT2D eigenvalue weighted by molar-refractivity contribution is 5.73. The largest absolute Gasteiger partial charge is 0.480 e. The van der Waals surface area contributed by atoms with Crippen LogP contribution in [0.1, 0.15) is 31.5 Å². The number of hydrogen-bond acceptors (Lipinski definition) is 5. The first-order valence-electron chi connectivity index (χ1n) is 5.49. The molecule has 1 N–H and O–H groups in total. The third-order valence-corrected chi connectivity index (χ3v) is 2.90. The SMILES string of the molecule is O=C(O)C1CCCCCN1Cc1ncon1. The van der Waals surface area contributed by atoms with E-state index < -0.39 is 12.0 Å². The maximum Gasteiger partial charge on any atom is 0.320 e. The smallest absolute Gasteiger partial charge is 0.320 e. The van der Waals surface area contributed by atoms with Crippen LogP contribution in [0.2, 0.25) is 0 Å². The molecule has 6 nitrogen and oxygen atoms in total. The molecule has 2 heterocycles. The first-order chi connectivity index (χ1) is 7.77. The minimum Gasteiger partial charge on any atom is -0.480 e. The number of carboxylic acids is 1. The van der Waals surface area contributed by atoms with Gasteiger partial charge in [-0.3, -0.25) is 9.69 Å². The van der Waals surface area contributed by atoms with Crippen LogP contribution < -0.4 is 0 Å². The summed E-state index contributed by atoms with van der Waals surface area (Å²) in [5.74, 6) is -0.210. The van der Waals surface area contributed by atoms with Crippen molar-refractivity contribution in [2.75, 3.05) is 6.54 Å². The molecular weight excluding hydrogens is 210 g/mol. The number of aliphatic carboxylic acids is 1. The number of likely N-dealkylation sites (tertiary alicyclic amines) is 1. The van der Waals surface area contributed by atoms with Gasteiger partial charge in [0.15, 0.2) is 5.82 Å². The monoisotopic (exact) mass is 225 g/mol. The summed E-state index contributed by atoms with van der Waals surface area (Å²) in [5.41, 5.74) is 0. The summed E-state index contributed by atoms with van der Waals surface area (Å²) in [4.78, 5) is 17.0. The van der Waals surface area contributed by atoms with E-state index in [0.717, 1.165) is 25.8 Å². The zero-order chi connectivity index (χ0) is 11.4. The van der Waals surface area contributed by atoms with Gasteiger partial charge in [0.05, 0.1) is 6.54 Å². The fourth-order valence-electron chi connectivity index (χ4n) is 2.08. The van der Waals surface area contributed by atoms with Crippen LogP contribution in [0, 0.1) is 0 Å². The van der Waals surface area contributed by atoms with Crippen molar-refractivity contribution in [2.45, 2.75) is 38.3 Å². The van der Waals surface area contributed by atoms with Gasteiger partial charge in [-0.15, -0.1) is 0 Å². The van der Waals surface area contributed by atoms with Gasteiger partial charge in [0.25, 0.3) is 0 Å². The first-order valence-corrected chi connectivity index (χ1v) is 5.49. The minimum absolute atomic E-state index is 0.416. The highest BCUT2D eigenvalue weighted by Gasteiger charge is 2.27. The van der Waals surface area contributed by atoms with Crippen LogP contribution in [0.3, 0.4) is 0 Å². The molecule has 1 aliphatic rings. The van der Waals surface area contributed by atoms with Crippen molar-refractivity contribution in [3.05, 3.63) is 12.2 Å². The predicted molar refractivity (Wildman–Crippen MR) is 54.6 cm³/mol. The summed E-state index contributed by atoms with van der Waals surface area (Å²) >= 11 is 0. The van der Waals surface area contributed by atoms with Crippen LogP contribution in [0.5, 0.6) is 0 Å². The highest BCUT2D eigenvalue weighted by Crippen LogP contribution is 2.18. The molecule has 0 radical (unpaired) electrons. The molecule has 6 heteroatoms. The topological polar surface area (TPSA) is 79.5 Å². The zero-order valence-electron chi connectivity index (χ0n) is 9.00. The predicted octanol–water partition coefficient (Wildman–Crippen LogP) is 0.899. The average molecular weight is 225 g/mol. The van der Waals surface area contributed by atoms with Crippen molar-refractivity contribution in [3.63, 3.8) is 0 Å². The van der Waals surface area contributed by atoms with Crippen molar-refractivity contribution in [1.29, 1.82) is 0 Å². The number of hydrogen-bond donors (Lipinski definition) is 1. The second-order valence-corrected chi connectivity index (χ2v) is 4.02. The van der Waals surface area contributed by atoms with Crippen LogP contribution in [-0.4, -0.2) is 38.7 Å².